The van der Waals surface area contributed by atoms with Gasteiger partial charge in [-0.05, 0) is 37.1 Å². The lowest BCUT2D eigenvalue weighted by molar-refractivity contribution is 0.0949. The third-order valence-corrected chi connectivity index (χ3v) is 2.93. The summed E-state index contributed by atoms with van der Waals surface area (Å²) in [6, 6.07) is 9.85. The summed E-state index contributed by atoms with van der Waals surface area (Å²) in [5.74, 6) is -0.227. The molecule has 0 unspecified atom stereocenters. The van der Waals surface area contributed by atoms with Gasteiger partial charge in [0.05, 0.1) is 6.61 Å². The highest BCUT2D eigenvalue weighted by Crippen LogP contribution is 2.14. The highest BCUT2D eigenvalue weighted by Gasteiger charge is 2.12. The van der Waals surface area contributed by atoms with E-state index in [1.54, 1.807) is 36.5 Å². The van der Waals surface area contributed by atoms with Gasteiger partial charge in [-0.1, -0.05) is 18.2 Å². The Kier molecular flexibility index (Phi) is 5.26. The number of rotatable bonds is 6. The van der Waals surface area contributed by atoms with E-state index >= 15 is 0 Å². The molecule has 0 aliphatic heterocycles. The molecule has 0 saturated heterocycles. The summed E-state index contributed by atoms with van der Waals surface area (Å²) in [6.45, 7) is 2.61. The largest absolute Gasteiger partial charge is 0.477 e. The molecule has 0 bridgehead atoms. The monoisotopic (exact) mass is 288 g/mol. The van der Waals surface area contributed by atoms with E-state index in [2.05, 4.69) is 10.3 Å². The Morgan fingerprint density at radius 1 is 1.29 bits per heavy atom. The van der Waals surface area contributed by atoms with Crippen molar-refractivity contribution in [3.8, 4) is 5.88 Å². The lowest BCUT2D eigenvalue weighted by atomic mass is 10.1. The van der Waals surface area contributed by atoms with Gasteiger partial charge >= 0.3 is 0 Å². The van der Waals surface area contributed by atoms with Crippen molar-refractivity contribution in [2.75, 3.05) is 13.2 Å². The smallest absolute Gasteiger partial charge is 0.256 e. The second kappa shape index (κ2) is 7.38. The van der Waals surface area contributed by atoms with Crippen molar-refractivity contribution in [3.05, 3.63) is 59.5 Å². The number of halogens is 1. The van der Waals surface area contributed by atoms with E-state index < -0.39 is 0 Å². The molecule has 110 valence electrons. The van der Waals surface area contributed by atoms with Gasteiger partial charge in [-0.15, -0.1) is 0 Å². The fraction of sp³-hybridized carbons (Fsp3) is 0.250. The number of nitrogens with zero attached hydrogens (tertiary/aromatic N) is 1. The molecule has 1 aromatic carbocycles. The number of pyridine rings is 1. The summed E-state index contributed by atoms with van der Waals surface area (Å²) in [5.41, 5.74) is 0.960. The predicted octanol–water partition coefficient (Wildman–Crippen LogP) is 2.59. The van der Waals surface area contributed by atoms with E-state index in [4.69, 9.17) is 4.74 Å². The van der Waals surface area contributed by atoms with Crippen molar-refractivity contribution < 1.29 is 13.9 Å². The molecule has 1 N–H and O–H groups in total. The molecule has 4 nitrogen and oxygen atoms in total. The SMILES string of the molecule is CCOc1ncccc1C(=O)NCCc1ccccc1F. The first-order valence-electron chi connectivity index (χ1n) is 6.81. The molecule has 0 radical (unpaired) electrons. The van der Waals surface area contributed by atoms with Gasteiger partial charge in [0.2, 0.25) is 5.88 Å². The topological polar surface area (TPSA) is 51.2 Å². The minimum Gasteiger partial charge on any atom is -0.477 e. The van der Waals surface area contributed by atoms with E-state index in [9.17, 15) is 9.18 Å². The highest BCUT2D eigenvalue weighted by molar-refractivity contribution is 5.96. The van der Waals surface area contributed by atoms with E-state index in [1.165, 1.54) is 6.07 Å². The molecule has 0 aliphatic rings. The van der Waals surface area contributed by atoms with Crippen LogP contribution in [0.3, 0.4) is 0 Å². The lowest BCUT2D eigenvalue weighted by Crippen LogP contribution is -2.26. The van der Waals surface area contributed by atoms with Gasteiger partial charge in [0.1, 0.15) is 11.4 Å². The molecule has 21 heavy (non-hydrogen) atoms. The molecule has 1 amide bonds. The molecule has 0 saturated carbocycles. The molecule has 1 aromatic heterocycles. The summed E-state index contributed by atoms with van der Waals surface area (Å²) in [6.07, 6.45) is 2.00. The van der Waals surface area contributed by atoms with Crippen LogP contribution < -0.4 is 10.1 Å². The third kappa shape index (κ3) is 4.02. The van der Waals surface area contributed by atoms with Gasteiger partial charge in [-0.2, -0.15) is 0 Å². The Hall–Kier alpha value is -2.43. The van der Waals surface area contributed by atoms with Gasteiger partial charge in [-0.25, -0.2) is 9.37 Å². The zero-order valence-electron chi connectivity index (χ0n) is 11.8. The number of aromatic nitrogens is 1. The maximum atomic E-state index is 13.5. The van der Waals surface area contributed by atoms with Crippen LogP contribution >= 0.6 is 0 Å². The second-order valence-corrected chi connectivity index (χ2v) is 4.39. The van der Waals surface area contributed by atoms with Crippen LogP contribution in [0.25, 0.3) is 0 Å². The van der Waals surface area contributed by atoms with Crippen molar-refractivity contribution in [1.29, 1.82) is 0 Å². The van der Waals surface area contributed by atoms with Gasteiger partial charge in [0, 0.05) is 12.7 Å². The zero-order chi connectivity index (χ0) is 15.1. The Bertz CT molecular complexity index is 617. The van der Waals surface area contributed by atoms with E-state index in [1.807, 2.05) is 6.92 Å². The van der Waals surface area contributed by atoms with Crippen LogP contribution in [0.2, 0.25) is 0 Å². The number of nitrogens with one attached hydrogen (secondary N) is 1. The van der Waals surface area contributed by atoms with Crippen LogP contribution in [0.15, 0.2) is 42.6 Å². The van der Waals surface area contributed by atoms with Crippen molar-refractivity contribution in [3.63, 3.8) is 0 Å². The highest BCUT2D eigenvalue weighted by atomic mass is 19.1. The molecule has 0 aliphatic carbocycles. The number of carbonyl (C=O) groups excluding carboxylic acids is 1. The minimum absolute atomic E-state index is 0.261. The first-order valence-corrected chi connectivity index (χ1v) is 6.81. The Labute approximate surface area is 123 Å². The molecule has 2 aromatic rings. The van der Waals surface area contributed by atoms with Gasteiger partial charge in [0.25, 0.3) is 5.91 Å². The van der Waals surface area contributed by atoms with Crippen LogP contribution in [0.5, 0.6) is 5.88 Å². The maximum absolute atomic E-state index is 13.5. The van der Waals surface area contributed by atoms with Crippen LogP contribution in [0, 0.1) is 5.82 Å². The quantitative estimate of drug-likeness (QED) is 0.889. The maximum Gasteiger partial charge on any atom is 0.256 e. The number of amides is 1. The number of benzene rings is 1. The second-order valence-electron chi connectivity index (χ2n) is 4.39. The van der Waals surface area contributed by atoms with Crippen molar-refractivity contribution in [2.24, 2.45) is 0 Å². The Morgan fingerprint density at radius 2 is 2.10 bits per heavy atom. The normalized spacial score (nSPS) is 10.2. The first kappa shape index (κ1) is 15.0. The average Bonchev–Trinajstić information content (AvgIpc) is 2.50. The predicted molar refractivity (Wildman–Crippen MR) is 77.8 cm³/mol. The Balaban J connectivity index is 1.95. The summed E-state index contributed by atoms with van der Waals surface area (Å²) >= 11 is 0. The molecular formula is C16H17FN2O2. The third-order valence-electron chi connectivity index (χ3n) is 2.93. The molecular weight excluding hydrogens is 271 g/mol. The van der Waals surface area contributed by atoms with Crippen molar-refractivity contribution >= 4 is 5.91 Å². The van der Waals surface area contributed by atoms with E-state index in [0.717, 1.165) is 0 Å². The molecule has 1 heterocycles. The number of ether oxygens (including phenoxy) is 1. The molecule has 5 heteroatoms. The van der Waals surface area contributed by atoms with Gasteiger partial charge in [0.15, 0.2) is 0 Å². The van der Waals surface area contributed by atoms with Crippen LogP contribution in [-0.2, 0) is 6.42 Å². The molecule has 0 fully saturated rings. The molecule has 0 spiro atoms. The van der Waals surface area contributed by atoms with Crippen LogP contribution in [-0.4, -0.2) is 24.0 Å². The summed E-state index contributed by atoms with van der Waals surface area (Å²) < 4.78 is 18.8. The van der Waals surface area contributed by atoms with Crippen LogP contribution in [0.1, 0.15) is 22.8 Å². The number of hydrogen-bond acceptors (Lipinski definition) is 3. The van der Waals surface area contributed by atoms with Gasteiger partial charge in [-0.3, -0.25) is 4.79 Å². The molecule has 0 atom stereocenters. The molecule has 2 rings (SSSR count). The van der Waals surface area contributed by atoms with Crippen LogP contribution in [0.4, 0.5) is 4.39 Å². The van der Waals surface area contributed by atoms with Crippen molar-refractivity contribution in [2.45, 2.75) is 13.3 Å². The summed E-state index contributed by atoms with van der Waals surface area (Å²) in [4.78, 5) is 16.1. The van der Waals surface area contributed by atoms with E-state index in [-0.39, 0.29) is 11.7 Å². The fourth-order valence-corrected chi connectivity index (χ4v) is 1.92. The fourth-order valence-electron chi connectivity index (χ4n) is 1.92. The van der Waals surface area contributed by atoms with E-state index in [0.29, 0.717) is 36.6 Å². The number of carbonyl (C=O) groups is 1. The summed E-state index contributed by atoms with van der Waals surface area (Å²) in [7, 11) is 0. The van der Waals surface area contributed by atoms with Crippen molar-refractivity contribution in [1.82, 2.24) is 10.3 Å². The first-order chi connectivity index (χ1) is 10.2. The summed E-state index contributed by atoms with van der Waals surface area (Å²) in [5, 5.41) is 2.75. The average molecular weight is 288 g/mol. The van der Waals surface area contributed by atoms with Gasteiger partial charge < -0.3 is 10.1 Å². The number of hydrogen-bond donors (Lipinski definition) is 1. The minimum atomic E-state index is -0.275. The Morgan fingerprint density at radius 3 is 2.86 bits per heavy atom. The standard InChI is InChI=1S/C16H17FN2O2/c1-2-21-16-13(7-5-10-19-16)15(20)18-11-9-12-6-3-4-8-14(12)17/h3-8,10H,2,9,11H2,1H3,(H,18,20). The zero-order valence-corrected chi connectivity index (χ0v) is 11.8. The lowest BCUT2D eigenvalue weighted by Gasteiger charge is -2.09.